The Kier molecular flexibility index (Phi) is 2.83. The Morgan fingerprint density at radius 3 is 3.15 bits per heavy atom. The van der Waals surface area contributed by atoms with Gasteiger partial charge in [-0.2, -0.15) is 0 Å². The van der Waals surface area contributed by atoms with Crippen LogP contribution in [0.4, 0.5) is 0 Å². The van der Waals surface area contributed by atoms with Gasteiger partial charge in [0.25, 0.3) is 0 Å². The Morgan fingerprint density at radius 2 is 2.54 bits per heavy atom. The van der Waals surface area contributed by atoms with Crippen LogP contribution in [-0.4, -0.2) is 49.6 Å². The monoisotopic (exact) mass is 186 g/mol. The molecule has 0 aromatic carbocycles. The number of hydrogen-bond donors (Lipinski definition) is 3. The predicted molar refractivity (Wildman–Crippen MR) is 49.7 cm³/mol. The summed E-state index contributed by atoms with van der Waals surface area (Å²) in [6, 6.07) is 0.532. The van der Waals surface area contributed by atoms with Crippen molar-refractivity contribution in [1.29, 1.82) is 0 Å². The molecule has 76 valence electrons. The van der Waals surface area contributed by atoms with Gasteiger partial charge in [0.15, 0.2) is 0 Å². The highest BCUT2D eigenvalue weighted by Crippen LogP contribution is 2.17. The van der Waals surface area contributed by atoms with Gasteiger partial charge < -0.3 is 20.5 Å². The van der Waals surface area contributed by atoms with E-state index in [4.69, 9.17) is 4.74 Å². The molecule has 2 fully saturated rings. The molecule has 0 spiro atoms. The first-order valence-corrected chi connectivity index (χ1v) is 5.03. The van der Waals surface area contributed by atoms with Crippen LogP contribution in [0, 0.1) is 0 Å². The van der Waals surface area contributed by atoms with Gasteiger partial charge in [-0.05, 0) is 13.0 Å². The van der Waals surface area contributed by atoms with Crippen molar-refractivity contribution in [1.82, 2.24) is 10.6 Å². The smallest absolute Gasteiger partial charge is 0.102 e. The Labute approximate surface area is 78.7 Å². The molecule has 3 N–H and O–H groups in total. The first kappa shape index (κ1) is 9.40. The molecule has 2 atom stereocenters. The second kappa shape index (κ2) is 3.92. The lowest BCUT2D eigenvalue weighted by Crippen LogP contribution is -2.45. The minimum atomic E-state index is -0.609. The van der Waals surface area contributed by atoms with Crippen LogP contribution in [-0.2, 0) is 4.74 Å². The van der Waals surface area contributed by atoms with Gasteiger partial charge in [-0.25, -0.2) is 0 Å². The molecule has 0 amide bonds. The summed E-state index contributed by atoms with van der Waals surface area (Å²) in [7, 11) is 0. The van der Waals surface area contributed by atoms with E-state index in [1.54, 1.807) is 0 Å². The van der Waals surface area contributed by atoms with E-state index in [2.05, 4.69) is 10.6 Å². The summed E-state index contributed by atoms with van der Waals surface area (Å²) in [5, 5.41) is 16.6. The minimum Gasteiger partial charge on any atom is -0.386 e. The van der Waals surface area contributed by atoms with Crippen LogP contribution in [0.15, 0.2) is 0 Å². The van der Waals surface area contributed by atoms with Crippen molar-refractivity contribution >= 4 is 0 Å². The molecule has 4 heteroatoms. The van der Waals surface area contributed by atoms with Crippen LogP contribution in [0.2, 0.25) is 0 Å². The largest absolute Gasteiger partial charge is 0.386 e. The molecule has 0 aliphatic carbocycles. The second-order valence-electron chi connectivity index (χ2n) is 4.10. The van der Waals surface area contributed by atoms with Crippen molar-refractivity contribution < 1.29 is 9.84 Å². The number of rotatable bonds is 3. The second-order valence-corrected chi connectivity index (χ2v) is 4.10. The topological polar surface area (TPSA) is 53.5 Å². The van der Waals surface area contributed by atoms with E-state index in [0.29, 0.717) is 25.8 Å². The van der Waals surface area contributed by atoms with Crippen molar-refractivity contribution in [2.24, 2.45) is 0 Å². The van der Waals surface area contributed by atoms with E-state index in [1.165, 1.54) is 0 Å². The summed E-state index contributed by atoms with van der Waals surface area (Å²) in [6.07, 6.45) is 1.93. The molecule has 2 aliphatic heterocycles. The van der Waals surface area contributed by atoms with E-state index >= 15 is 0 Å². The lowest BCUT2D eigenvalue weighted by atomic mass is 10.0. The van der Waals surface area contributed by atoms with Crippen LogP contribution < -0.4 is 10.6 Å². The normalized spacial score (nSPS) is 39.9. The van der Waals surface area contributed by atoms with E-state index in [9.17, 15) is 5.11 Å². The van der Waals surface area contributed by atoms with Crippen LogP contribution in [0.1, 0.15) is 12.8 Å². The highest BCUT2D eigenvalue weighted by Gasteiger charge is 2.32. The Bertz CT molecular complexity index is 163. The highest BCUT2D eigenvalue weighted by atomic mass is 16.5. The van der Waals surface area contributed by atoms with Crippen molar-refractivity contribution in [2.45, 2.75) is 24.5 Å². The molecule has 2 heterocycles. The lowest BCUT2D eigenvalue weighted by Gasteiger charge is -2.23. The van der Waals surface area contributed by atoms with Gasteiger partial charge in [-0.1, -0.05) is 0 Å². The van der Waals surface area contributed by atoms with E-state index < -0.39 is 5.60 Å². The number of aliphatic hydroxyl groups is 1. The molecule has 0 aromatic rings. The van der Waals surface area contributed by atoms with Crippen LogP contribution in [0.25, 0.3) is 0 Å². The Hall–Kier alpha value is -0.160. The molecule has 0 aromatic heterocycles. The van der Waals surface area contributed by atoms with Crippen molar-refractivity contribution in [2.75, 3.05) is 32.8 Å². The third kappa shape index (κ3) is 2.40. The maximum absolute atomic E-state index is 9.94. The predicted octanol–water partition coefficient (Wildman–Crippen LogP) is -0.911. The quantitative estimate of drug-likeness (QED) is 0.534. The molecule has 2 saturated heterocycles. The van der Waals surface area contributed by atoms with Gasteiger partial charge in [0, 0.05) is 32.2 Å². The summed E-state index contributed by atoms with van der Waals surface area (Å²) >= 11 is 0. The summed E-state index contributed by atoms with van der Waals surface area (Å²) in [5.41, 5.74) is -0.609. The number of hydrogen-bond acceptors (Lipinski definition) is 4. The SMILES string of the molecule is OC1(CNC2CCNC2)CCOC1. The first-order valence-electron chi connectivity index (χ1n) is 5.03. The highest BCUT2D eigenvalue weighted by molar-refractivity contribution is 4.88. The average Bonchev–Trinajstić information content (AvgIpc) is 2.72. The van der Waals surface area contributed by atoms with Gasteiger partial charge in [0.05, 0.1) is 6.61 Å². The molecule has 4 nitrogen and oxygen atoms in total. The molecular formula is C9H18N2O2. The van der Waals surface area contributed by atoms with Gasteiger partial charge >= 0.3 is 0 Å². The van der Waals surface area contributed by atoms with Gasteiger partial charge in [0.1, 0.15) is 5.60 Å². The fourth-order valence-electron chi connectivity index (χ4n) is 1.90. The van der Waals surface area contributed by atoms with Crippen LogP contribution in [0.3, 0.4) is 0 Å². The van der Waals surface area contributed by atoms with E-state index in [1.807, 2.05) is 0 Å². The van der Waals surface area contributed by atoms with Gasteiger partial charge in [-0.15, -0.1) is 0 Å². The first-order chi connectivity index (χ1) is 6.29. The fraction of sp³-hybridized carbons (Fsp3) is 1.00. The van der Waals surface area contributed by atoms with Crippen molar-refractivity contribution in [3.63, 3.8) is 0 Å². The van der Waals surface area contributed by atoms with Crippen molar-refractivity contribution in [3.8, 4) is 0 Å². The zero-order valence-electron chi connectivity index (χ0n) is 7.88. The average molecular weight is 186 g/mol. The van der Waals surface area contributed by atoms with Gasteiger partial charge in [0.2, 0.25) is 0 Å². The van der Waals surface area contributed by atoms with Crippen molar-refractivity contribution in [3.05, 3.63) is 0 Å². The molecule has 2 unspecified atom stereocenters. The molecule has 0 radical (unpaired) electrons. The fourth-order valence-corrected chi connectivity index (χ4v) is 1.90. The van der Waals surface area contributed by atoms with Crippen LogP contribution >= 0.6 is 0 Å². The summed E-state index contributed by atoms with van der Waals surface area (Å²) in [6.45, 7) is 3.96. The summed E-state index contributed by atoms with van der Waals surface area (Å²) in [5.74, 6) is 0. The Morgan fingerprint density at radius 1 is 1.62 bits per heavy atom. The minimum absolute atomic E-state index is 0.486. The standard InChI is InChI=1S/C9H18N2O2/c12-9(2-4-13-7-9)6-11-8-1-3-10-5-8/h8,10-12H,1-7H2. The molecule has 0 bridgehead atoms. The third-order valence-electron chi connectivity index (χ3n) is 2.86. The Balaban J connectivity index is 1.71. The van der Waals surface area contributed by atoms with Gasteiger partial charge in [-0.3, -0.25) is 0 Å². The number of nitrogens with one attached hydrogen (secondary N) is 2. The molecule has 2 rings (SSSR count). The molecule has 2 aliphatic rings. The zero-order valence-corrected chi connectivity index (χ0v) is 7.88. The molecule has 0 saturated carbocycles. The maximum atomic E-state index is 9.94. The summed E-state index contributed by atoms with van der Waals surface area (Å²) < 4.78 is 5.17. The lowest BCUT2D eigenvalue weighted by molar-refractivity contribution is 0.0252. The number of ether oxygens (including phenoxy) is 1. The van der Waals surface area contributed by atoms with Crippen LogP contribution in [0.5, 0.6) is 0 Å². The zero-order chi connectivity index (χ0) is 9.15. The van der Waals surface area contributed by atoms with E-state index in [-0.39, 0.29) is 0 Å². The summed E-state index contributed by atoms with van der Waals surface area (Å²) in [4.78, 5) is 0. The molecular weight excluding hydrogens is 168 g/mol. The van der Waals surface area contributed by atoms with E-state index in [0.717, 1.165) is 25.9 Å². The maximum Gasteiger partial charge on any atom is 0.102 e. The molecule has 13 heavy (non-hydrogen) atoms. The third-order valence-corrected chi connectivity index (χ3v) is 2.86.